The number of carbonyl (C=O) groups excluding carboxylic acids is 1. The quantitative estimate of drug-likeness (QED) is 0.850. The van der Waals surface area contributed by atoms with Crippen LogP contribution in [0.15, 0.2) is 40.6 Å². The molecule has 0 bridgehead atoms. The lowest BCUT2D eigenvalue weighted by atomic mass is 10.2. The van der Waals surface area contributed by atoms with Crippen molar-refractivity contribution < 1.29 is 13.2 Å². The predicted molar refractivity (Wildman–Crippen MR) is 88.7 cm³/mol. The fourth-order valence-electron chi connectivity index (χ4n) is 1.77. The molecule has 2 aromatic rings. The highest BCUT2D eigenvalue weighted by Gasteiger charge is 2.17. The average Bonchev–Trinajstić information content (AvgIpc) is 2.98. The Hall–Kier alpha value is -1.70. The van der Waals surface area contributed by atoms with Gasteiger partial charge in [0.05, 0.1) is 6.54 Å². The van der Waals surface area contributed by atoms with E-state index in [2.05, 4.69) is 10.0 Å². The summed E-state index contributed by atoms with van der Waals surface area (Å²) in [6.07, 6.45) is 0.786. The highest BCUT2D eigenvalue weighted by molar-refractivity contribution is 7.91. The molecule has 0 spiro atoms. The van der Waals surface area contributed by atoms with E-state index in [9.17, 15) is 13.2 Å². The van der Waals surface area contributed by atoms with Crippen LogP contribution in [0.3, 0.4) is 0 Å². The predicted octanol–water partition coefficient (Wildman–Crippen LogP) is 2.54. The van der Waals surface area contributed by atoms with Crippen LogP contribution in [-0.4, -0.2) is 20.9 Å². The molecule has 1 aromatic heterocycles. The first-order valence-electron chi connectivity index (χ1n) is 6.85. The van der Waals surface area contributed by atoms with E-state index in [1.54, 1.807) is 24.3 Å². The van der Waals surface area contributed by atoms with Crippen LogP contribution in [0.4, 0.5) is 5.69 Å². The summed E-state index contributed by atoms with van der Waals surface area (Å²) in [6.45, 7) is 3.62. The normalized spacial score (nSPS) is 11.4. The Labute approximate surface area is 134 Å². The lowest BCUT2D eigenvalue weighted by molar-refractivity contribution is -0.115. The Morgan fingerprint density at radius 2 is 1.82 bits per heavy atom. The zero-order valence-electron chi connectivity index (χ0n) is 12.4. The molecule has 118 valence electrons. The topological polar surface area (TPSA) is 75.3 Å². The van der Waals surface area contributed by atoms with Gasteiger partial charge in [-0.3, -0.25) is 4.79 Å². The number of anilines is 1. The molecule has 0 saturated heterocycles. The van der Waals surface area contributed by atoms with E-state index in [0.29, 0.717) is 5.69 Å². The molecule has 0 saturated carbocycles. The number of amides is 1. The van der Waals surface area contributed by atoms with Gasteiger partial charge in [-0.1, -0.05) is 24.6 Å². The van der Waals surface area contributed by atoms with Gasteiger partial charge >= 0.3 is 0 Å². The highest BCUT2D eigenvalue weighted by atomic mass is 32.2. The van der Waals surface area contributed by atoms with Crippen LogP contribution in [0.1, 0.15) is 17.4 Å². The Kier molecular flexibility index (Phi) is 5.33. The van der Waals surface area contributed by atoms with E-state index in [4.69, 9.17) is 0 Å². The minimum absolute atomic E-state index is 0.229. The second kappa shape index (κ2) is 7.04. The number of carbonyl (C=O) groups is 1. The second-order valence-electron chi connectivity index (χ2n) is 4.81. The number of benzene rings is 1. The van der Waals surface area contributed by atoms with Crippen LogP contribution >= 0.6 is 11.3 Å². The van der Waals surface area contributed by atoms with Gasteiger partial charge in [0.1, 0.15) is 4.21 Å². The SMILES string of the molecule is CCc1ccc(S(=O)(=O)NCC(=O)Nc2ccc(C)cc2)s1. The van der Waals surface area contributed by atoms with Crippen LogP contribution in [0.5, 0.6) is 0 Å². The number of aryl methyl sites for hydroxylation is 2. The summed E-state index contributed by atoms with van der Waals surface area (Å²) in [5.41, 5.74) is 1.72. The first-order chi connectivity index (χ1) is 10.4. The molecule has 2 N–H and O–H groups in total. The first kappa shape index (κ1) is 16.7. The van der Waals surface area contributed by atoms with Gasteiger partial charge in [-0.05, 0) is 37.6 Å². The van der Waals surface area contributed by atoms with Gasteiger partial charge in [-0.2, -0.15) is 0 Å². The van der Waals surface area contributed by atoms with E-state index in [1.807, 2.05) is 26.0 Å². The lowest BCUT2D eigenvalue weighted by Crippen LogP contribution is -2.32. The molecule has 22 heavy (non-hydrogen) atoms. The van der Waals surface area contributed by atoms with E-state index in [-0.39, 0.29) is 10.8 Å². The van der Waals surface area contributed by atoms with Gasteiger partial charge in [0, 0.05) is 10.6 Å². The molecule has 0 fully saturated rings. The molecule has 1 heterocycles. The van der Waals surface area contributed by atoms with Crippen molar-refractivity contribution in [1.82, 2.24) is 4.72 Å². The van der Waals surface area contributed by atoms with Crippen molar-refractivity contribution in [3.63, 3.8) is 0 Å². The molecule has 1 amide bonds. The maximum absolute atomic E-state index is 12.1. The zero-order valence-corrected chi connectivity index (χ0v) is 14.1. The van der Waals surface area contributed by atoms with Gasteiger partial charge < -0.3 is 5.32 Å². The number of rotatable bonds is 6. The Balaban J connectivity index is 1.93. The third-order valence-corrected chi connectivity index (χ3v) is 6.13. The van der Waals surface area contributed by atoms with Crippen LogP contribution in [-0.2, 0) is 21.2 Å². The number of thiophene rings is 1. The van der Waals surface area contributed by atoms with E-state index < -0.39 is 15.9 Å². The molecule has 5 nitrogen and oxygen atoms in total. The van der Waals surface area contributed by atoms with Crippen molar-refractivity contribution in [3.8, 4) is 0 Å². The number of hydrogen-bond acceptors (Lipinski definition) is 4. The standard InChI is InChI=1S/C15H18N2O3S2/c1-3-13-8-9-15(21-13)22(19,20)16-10-14(18)17-12-6-4-11(2)5-7-12/h4-9,16H,3,10H2,1-2H3,(H,17,18). The van der Waals surface area contributed by atoms with Gasteiger partial charge in [0.2, 0.25) is 5.91 Å². The van der Waals surface area contributed by atoms with Crippen LogP contribution < -0.4 is 10.0 Å². The van der Waals surface area contributed by atoms with Crippen LogP contribution in [0.2, 0.25) is 0 Å². The Morgan fingerprint density at radius 1 is 1.14 bits per heavy atom. The van der Waals surface area contributed by atoms with Gasteiger partial charge in [0.25, 0.3) is 10.0 Å². The molecule has 0 aliphatic heterocycles. The fourth-order valence-corrected chi connectivity index (χ4v) is 4.09. The summed E-state index contributed by atoms with van der Waals surface area (Å²) in [6, 6.07) is 10.6. The van der Waals surface area contributed by atoms with Crippen molar-refractivity contribution in [2.45, 2.75) is 24.5 Å². The third-order valence-electron chi connectivity index (χ3n) is 3.01. The number of hydrogen-bond donors (Lipinski definition) is 2. The molecule has 0 atom stereocenters. The van der Waals surface area contributed by atoms with Gasteiger partial charge in [-0.25, -0.2) is 13.1 Å². The number of sulfonamides is 1. The monoisotopic (exact) mass is 338 g/mol. The fraction of sp³-hybridized carbons (Fsp3) is 0.267. The maximum atomic E-state index is 12.1. The average molecular weight is 338 g/mol. The van der Waals surface area contributed by atoms with E-state index in [0.717, 1.165) is 16.9 Å². The van der Waals surface area contributed by atoms with Crippen molar-refractivity contribution in [2.75, 3.05) is 11.9 Å². The van der Waals surface area contributed by atoms with E-state index >= 15 is 0 Å². The smallest absolute Gasteiger partial charge is 0.250 e. The minimum atomic E-state index is -3.64. The maximum Gasteiger partial charge on any atom is 0.250 e. The van der Waals surface area contributed by atoms with Crippen molar-refractivity contribution in [2.24, 2.45) is 0 Å². The summed E-state index contributed by atoms with van der Waals surface area (Å²) in [4.78, 5) is 12.8. The Morgan fingerprint density at radius 3 is 2.41 bits per heavy atom. The molecule has 0 aliphatic rings. The second-order valence-corrected chi connectivity index (χ2v) is 7.98. The summed E-state index contributed by atoms with van der Waals surface area (Å²) in [7, 11) is -3.64. The third kappa shape index (κ3) is 4.40. The van der Waals surface area contributed by atoms with Crippen molar-refractivity contribution in [3.05, 3.63) is 46.8 Å². The molecular formula is C15H18N2O3S2. The lowest BCUT2D eigenvalue weighted by Gasteiger charge is -2.07. The molecule has 0 radical (unpaired) electrons. The molecule has 0 aliphatic carbocycles. The Bertz CT molecular complexity index is 749. The van der Waals surface area contributed by atoms with Gasteiger partial charge in [-0.15, -0.1) is 11.3 Å². The van der Waals surface area contributed by atoms with Gasteiger partial charge in [0.15, 0.2) is 0 Å². The molecular weight excluding hydrogens is 320 g/mol. The largest absolute Gasteiger partial charge is 0.325 e. The minimum Gasteiger partial charge on any atom is -0.325 e. The summed E-state index contributed by atoms with van der Waals surface area (Å²) in [5, 5.41) is 2.65. The van der Waals surface area contributed by atoms with Crippen molar-refractivity contribution >= 4 is 33.0 Å². The summed E-state index contributed by atoms with van der Waals surface area (Å²) >= 11 is 1.21. The molecule has 2 rings (SSSR count). The highest BCUT2D eigenvalue weighted by Crippen LogP contribution is 2.21. The van der Waals surface area contributed by atoms with Crippen LogP contribution in [0.25, 0.3) is 0 Å². The molecule has 7 heteroatoms. The van der Waals surface area contributed by atoms with E-state index in [1.165, 1.54) is 11.3 Å². The molecule has 1 aromatic carbocycles. The zero-order chi connectivity index (χ0) is 16.2. The first-order valence-corrected chi connectivity index (χ1v) is 9.15. The molecule has 0 unspecified atom stereocenters. The summed E-state index contributed by atoms with van der Waals surface area (Å²) in [5.74, 6) is -0.403. The summed E-state index contributed by atoms with van der Waals surface area (Å²) < 4.78 is 26.7. The van der Waals surface area contributed by atoms with Crippen LogP contribution in [0, 0.1) is 6.92 Å². The number of nitrogens with one attached hydrogen (secondary N) is 2. The van der Waals surface area contributed by atoms with Crippen molar-refractivity contribution in [1.29, 1.82) is 0 Å².